The quantitative estimate of drug-likeness (QED) is 0.729. The van der Waals surface area contributed by atoms with Crippen LogP contribution in [-0.2, 0) is 0 Å². The number of anilines is 2. The Kier molecular flexibility index (Phi) is 7.19. The Balaban J connectivity index is 2.79. The highest BCUT2D eigenvalue weighted by Crippen LogP contribution is 2.13. The van der Waals surface area contributed by atoms with Crippen molar-refractivity contribution in [2.75, 3.05) is 30.3 Å². The highest BCUT2D eigenvalue weighted by Gasteiger charge is 2.09. The molecule has 0 aliphatic rings. The number of rotatable bonds is 9. The summed E-state index contributed by atoms with van der Waals surface area (Å²) in [6.45, 7) is 15.0. The zero-order chi connectivity index (χ0) is 15.8. The van der Waals surface area contributed by atoms with E-state index < -0.39 is 0 Å². The zero-order valence-electron chi connectivity index (χ0n) is 14.1. The van der Waals surface area contributed by atoms with Gasteiger partial charge in [-0.05, 0) is 17.8 Å². The smallest absolute Gasteiger partial charge is 0.323 e. The summed E-state index contributed by atoms with van der Waals surface area (Å²) >= 11 is 0. The van der Waals surface area contributed by atoms with Gasteiger partial charge in [-0.1, -0.05) is 41.5 Å². The number of nitrogens with zero attached hydrogens (tertiary/aromatic N) is 3. The Bertz CT molecular complexity index is 346. The first-order chi connectivity index (χ1) is 9.86. The Morgan fingerprint density at radius 2 is 1.24 bits per heavy atom. The minimum atomic E-state index is 0.371. The van der Waals surface area contributed by atoms with E-state index in [2.05, 4.69) is 67.1 Å². The first-order valence-corrected chi connectivity index (χ1v) is 7.73. The molecule has 6 heteroatoms. The fraction of sp³-hybridized carbons (Fsp3) is 0.800. The summed E-state index contributed by atoms with van der Waals surface area (Å²) in [6.07, 6.45) is 0. The van der Waals surface area contributed by atoms with Crippen LogP contribution in [0.4, 0.5) is 11.9 Å². The third-order valence-corrected chi connectivity index (χ3v) is 2.50. The molecule has 0 fully saturated rings. The van der Waals surface area contributed by atoms with Gasteiger partial charge in [-0.2, -0.15) is 15.0 Å². The molecule has 1 aromatic rings. The third kappa shape index (κ3) is 7.68. The summed E-state index contributed by atoms with van der Waals surface area (Å²) in [7, 11) is 0. The van der Waals surface area contributed by atoms with Crippen LogP contribution >= 0.6 is 0 Å². The van der Waals surface area contributed by atoms with Crippen molar-refractivity contribution in [3.05, 3.63) is 0 Å². The molecule has 0 amide bonds. The zero-order valence-corrected chi connectivity index (χ0v) is 14.1. The lowest BCUT2D eigenvalue weighted by Gasteiger charge is -2.13. The third-order valence-electron chi connectivity index (χ3n) is 2.50. The summed E-state index contributed by atoms with van der Waals surface area (Å²) < 4.78 is 5.62. The summed E-state index contributed by atoms with van der Waals surface area (Å²) in [6, 6.07) is 0.371. The molecule has 1 aromatic heterocycles. The van der Waals surface area contributed by atoms with E-state index in [0.29, 0.717) is 42.3 Å². The van der Waals surface area contributed by atoms with Crippen molar-refractivity contribution in [1.29, 1.82) is 0 Å². The molecule has 0 atom stereocenters. The van der Waals surface area contributed by atoms with Crippen molar-refractivity contribution in [2.45, 2.75) is 41.5 Å². The van der Waals surface area contributed by atoms with Crippen LogP contribution in [0.2, 0.25) is 0 Å². The molecule has 0 aromatic carbocycles. The van der Waals surface area contributed by atoms with Gasteiger partial charge in [0, 0.05) is 13.1 Å². The molecule has 0 aliphatic carbocycles. The minimum absolute atomic E-state index is 0.371. The number of aromatic nitrogens is 3. The Morgan fingerprint density at radius 1 is 0.762 bits per heavy atom. The van der Waals surface area contributed by atoms with Crippen LogP contribution in [0.25, 0.3) is 0 Å². The number of nitrogens with one attached hydrogen (secondary N) is 2. The molecule has 0 bridgehead atoms. The minimum Gasteiger partial charge on any atom is -0.463 e. The van der Waals surface area contributed by atoms with Crippen molar-refractivity contribution >= 4 is 11.9 Å². The second-order valence-corrected chi connectivity index (χ2v) is 6.52. The van der Waals surface area contributed by atoms with Crippen molar-refractivity contribution in [2.24, 2.45) is 17.8 Å². The van der Waals surface area contributed by atoms with Crippen LogP contribution < -0.4 is 15.4 Å². The first-order valence-electron chi connectivity index (χ1n) is 7.73. The van der Waals surface area contributed by atoms with Crippen LogP contribution in [0.5, 0.6) is 6.01 Å². The molecular formula is C15H29N5O. The van der Waals surface area contributed by atoms with Gasteiger partial charge >= 0.3 is 6.01 Å². The lowest BCUT2D eigenvalue weighted by molar-refractivity contribution is 0.251. The molecule has 1 rings (SSSR count). The van der Waals surface area contributed by atoms with Crippen molar-refractivity contribution < 1.29 is 4.74 Å². The van der Waals surface area contributed by atoms with Crippen LogP contribution in [0, 0.1) is 17.8 Å². The molecule has 0 unspecified atom stereocenters. The van der Waals surface area contributed by atoms with Gasteiger partial charge in [0.2, 0.25) is 11.9 Å². The molecule has 0 spiro atoms. The molecule has 21 heavy (non-hydrogen) atoms. The van der Waals surface area contributed by atoms with E-state index in [1.807, 2.05) is 0 Å². The highest BCUT2D eigenvalue weighted by molar-refractivity contribution is 5.35. The Labute approximate surface area is 128 Å². The van der Waals surface area contributed by atoms with Crippen molar-refractivity contribution in [1.82, 2.24) is 15.0 Å². The van der Waals surface area contributed by atoms with Crippen LogP contribution in [0.1, 0.15) is 41.5 Å². The van der Waals surface area contributed by atoms with Gasteiger partial charge < -0.3 is 15.4 Å². The lowest BCUT2D eigenvalue weighted by Crippen LogP contribution is -2.16. The molecule has 120 valence electrons. The fourth-order valence-corrected chi connectivity index (χ4v) is 1.41. The highest BCUT2D eigenvalue weighted by atomic mass is 16.5. The van der Waals surface area contributed by atoms with Crippen LogP contribution in [0.3, 0.4) is 0 Å². The summed E-state index contributed by atoms with van der Waals surface area (Å²) in [4.78, 5) is 13.0. The molecule has 0 saturated heterocycles. The van der Waals surface area contributed by atoms with Crippen molar-refractivity contribution in [3.63, 3.8) is 0 Å². The summed E-state index contributed by atoms with van der Waals surface area (Å²) in [5.74, 6) is 2.59. The summed E-state index contributed by atoms with van der Waals surface area (Å²) in [5, 5.41) is 6.44. The SMILES string of the molecule is CC(C)CNc1nc(NCC(C)C)nc(OCC(C)C)n1. The molecule has 0 radical (unpaired) electrons. The van der Waals surface area contributed by atoms with E-state index in [1.54, 1.807) is 0 Å². The molecule has 2 N–H and O–H groups in total. The maximum absolute atomic E-state index is 5.62. The summed E-state index contributed by atoms with van der Waals surface area (Å²) in [5.41, 5.74) is 0. The van der Waals surface area contributed by atoms with Gasteiger partial charge in [0.15, 0.2) is 0 Å². The van der Waals surface area contributed by atoms with Gasteiger partial charge in [0.05, 0.1) is 6.61 Å². The number of ether oxygens (including phenoxy) is 1. The van der Waals surface area contributed by atoms with Gasteiger partial charge in [-0.25, -0.2) is 0 Å². The van der Waals surface area contributed by atoms with Gasteiger partial charge in [-0.3, -0.25) is 0 Å². The molecular weight excluding hydrogens is 266 g/mol. The maximum Gasteiger partial charge on any atom is 0.323 e. The first kappa shape index (κ1) is 17.5. The van der Waals surface area contributed by atoms with Crippen LogP contribution in [-0.4, -0.2) is 34.6 Å². The van der Waals surface area contributed by atoms with E-state index in [-0.39, 0.29) is 0 Å². The number of hydrogen-bond acceptors (Lipinski definition) is 6. The van der Waals surface area contributed by atoms with Gasteiger partial charge in [0.1, 0.15) is 0 Å². The Morgan fingerprint density at radius 3 is 1.62 bits per heavy atom. The average molecular weight is 295 g/mol. The topological polar surface area (TPSA) is 72.0 Å². The second kappa shape index (κ2) is 8.64. The van der Waals surface area contributed by atoms with E-state index in [4.69, 9.17) is 4.74 Å². The molecule has 0 saturated carbocycles. The van der Waals surface area contributed by atoms with E-state index >= 15 is 0 Å². The largest absolute Gasteiger partial charge is 0.463 e. The van der Waals surface area contributed by atoms with E-state index in [1.165, 1.54) is 0 Å². The second-order valence-electron chi connectivity index (χ2n) is 6.52. The molecule has 1 heterocycles. The average Bonchev–Trinajstić information content (AvgIpc) is 2.40. The number of hydrogen-bond donors (Lipinski definition) is 2. The van der Waals surface area contributed by atoms with E-state index in [0.717, 1.165) is 13.1 Å². The standard InChI is InChI=1S/C15H29N5O/c1-10(2)7-16-13-18-14(17-8-11(3)4)20-15(19-13)21-9-12(5)6/h10-12H,7-9H2,1-6H3,(H2,16,17,18,19,20). The predicted octanol–water partition coefficient (Wildman–Crippen LogP) is 3.04. The molecule has 6 nitrogen and oxygen atoms in total. The van der Waals surface area contributed by atoms with Gasteiger partial charge in [0.25, 0.3) is 0 Å². The normalized spacial score (nSPS) is 11.3. The predicted molar refractivity (Wildman–Crippen MR) is 86.8 cm³/mol. The lowest BCUT2D eigenvalue weighted by atomic mass is 10.2. The molecule has 0 aliphatic heterocycles. The maximum atomic E-state index is 5.62. The van der Waals surface area contributed by atoms with Gasteiger partial charge in [-0.15, -0.1) is 0 Å². The van der Waals surface area contributed by atoms with Crippen molar-refractivity contribution in [3.8, 4) is 6.01 Å². The van der Waals surface area contributed by atoms with Crippen LogP contribution in [0.15, 0.2) is 0 Å². The fourth-order valence-electron chi connectivity index (χ4n) is 1.41. The van der Waals surface area contributed by atoms with E-state index in [9.17, 15) is 0 Å². The Hall–Kier alpha value is -1.59. The monoisotopic (exact) mass is 295 g/mol.